The van der Waals surface area contributed by atoms with Gasteiger partial charge in [-0.2, -0.15) is 4.68 Å². The predicted octanol–water partition coefficient (Wildman–Crippen LogP) is 3.87. The van der Waals surface area contributed by atoms with Crippen molar-refractivity contribution in [3.8, 4) is 16.9 Å². The third kappa shape index (κ3) is 3.37. The first-order chi connectivity index (χ1) is 15.5. The fourth-order valence-electron chi connectivity index (χ4n) is 3.44. The normalized spacial score (nSPS) is 11.1. The maximum absolute atomic E-state index is 14.4. The van der Waals surface area contributed by atoms with Gasteiger partial charge in [-0.3, -0.25) is 4.79 Å². The second-order valence-electron chi connectivity index (χ2n) is 7.13. The van der Waals surface area contributed by atoms with Crippen LogP contribution >= 0.6 is 0 Å². The molecule has 5 aromatic rings. The van der Waals surface area contributed by atoms with E-state index < -0.39 is 11.7 Å². The Morgan fingerprint density at radius 2 is 1.91 bits per heavy atom. The van der Waals surface area contributed by atoms with Gasteiger partial charge in [0.15, 0.2) is 5.82 Å². The number of anilines is 1. The van der Waals surface area contributed by atoms with Crippen molar-refractivity contribution >= 4 is 22.7 Å². The van der Waals surface area contributed by atoms with E-state index in [1.807, 2.05) is 30.3 Å². The summed E-state index contributed by atoms with van der Waals surface area (Å²) in [6.07, 6.45) is 0. The van der Waals surface area contributed by atoms with Gasteiger partial charge in [-0.05, 0) is 48.5 Å². The number of tetrazole rings is 1. The molecule has 32 heavy (non-hydrogen) atoms. The summed E-state index contributed by atoms with van der Waals surface area (Å²) in [4.78, 5) is 17.8. The zero-order valence-corrected chi connectivity index (χ0v) is 17.1. The molecule has 0 aliphatic carbocycles. The van der Waals surface area contributed by atoms with Crippen molar-refractivity contribution in [1.82, 2.24) is 30.3 Å². The van der Waals surface area contributed by atoms with Gasteiger partial charge in [0, 0.05) is 11.3 Å². The summed E-state index contributed by atoms with van der Waals surface area (Å²) in [6, 6.07) is 15.3. The van der Waals surface area contributed by atoms with Crippen LogP contribution in [0.15, 0.2) is 59.1 Å². The number of nitrogens with zero attached hydrogens (tertiary/aromatic N) is 6. The Kier molecular flexibility index (Phi) is 4.66. The molecule has 0 aliphatic heterocycles. The van der Waals surface area contributed by atoms with Crippen LogP contribution in [-0.4, -0.2) is 36.3 Å². The van der Waals surface area contributed by atoms with Gasteiger partial charge in [0.2, 0.25) is 0 Å². The second-order valence-corrected chi connectivity index (χ2v) is 7.13. The van der Waals surface area contributed by atoms with Gasteiger partial charge in [-0.25, -0.2) is 9.37 Å². The topological polar surface area (TPSA) is 112 Å². The number of hydrogen-bond donors (Lipinski definition) is 1. The van der Waals surface area contributed by atoms with E-state index in [4.69, 9.17) is 4.52 Å². The van der Waals surface area contributed by atoms with Crippen LogP contribution in [0.5, 0.6) is 0 Å². The lowest BCUT2D eigenvalue weighted by atomic mass is 10.0. The average molecular weight is 429 g/mol. The zero-order chi connectivity index (χ0) is 22.2. The first-order valence-corrected chi connectivity index (χ1v) is 9.70. The summed E-state index contributed by atoms with van der Waals surface area (Å²) in [6.45, 7) is 3.39. The molecule has 2 aromatic carbocycles. The monoisotopic (exact) mass is 429 g/mol. The minimum atomic E-state index is -0.522. The molecule has 0 bridgehead atoms. The van der Waals surface area contributed by atoms with Gasteiger partial charge in [0.1, 0.15) is 11.5 Å². The number of aromatic nitrogens is 6. The quantitative estimate of drug-likeness (QED) is 0.461. The van der Waals surface area contributed by atoms with Crippen LogP contribution in [0, 0.1) is 19.7 Å². The lowest BCUT2D eigenvalue weighted by Gasteiger charge is -2.10. The van der Waals surface area contributed by atoms with Gasteiger partial charge in [0.25, 0.3) is 11.6 Å². The van der Waals surface area contributed by atoms with Gasteiger partial charge in [0.05, 0.1) is 22.3 Å². The molecule has 0 spiro atoms. The Balaban J connectivity index is 1.56. The van der Waals surface area contributed by atoms with Crippen molar-refractivity contribution in [2.45, 2.75) is 13.8 Å². The molecule has 10 heteroatoms. The SMILES string of the molecule is Cc1noc2nc(-c3ccccc3)cc(C(=O)Nc3ccc(F)c(-n4nnnc4C)c3)c12. The maximum atomic E-state index is 14.4. The number of pyridine rings is 1. The van der Waals surface area contributed by atoms with Crippen molar-refractivity contribution in [1.29, 1.82) is 0 Å². The van der Waals surface area contributed by atoms with Crippen LogP contribution in [0.3, 0.4) is 0 Å². The number of nitrogens with one attached hydrogen (secondary N) is 1. The van der Waals surface area contributed by atoms with Gasteiger partial charge >= 0.3 is 0 Å². The smallest absolute Gasteiger partial charge is 0.259 e. The molecular weight excluding hydrogens is 413 g/mol. The molecule has 0 atom stereocenters. The van der Waals surface area contributed by atoms with E-state index in [2.05, 4.69) is 31.0 Å². The summed E-state index contributed by atoms with van der Waals surface area (Å²) in [5.74, 6) is -0.520. The molecule has 0 saturated heterocycles. The van der Waals surface area contributed by atoms with Crippen LogP contribution in [0.25, 0.3) is 28.0 Å². The standard InChI is InChI=1S/C22H16FN7O2/c1-12-20-16(11-18(25-22(20)32-27-12)14-6-4-3-5-7-14)21(31)24-15-8-9-17(23)19(10-15)30-13(2)26-28-29-30/h3-11H,1-2H3,(H,24,31). The van der Waals surface area contributed by atoms with Crippen molar-refractivity contribution in [2.24, 2.45) is 0 Å². The summed E-state index contributed by atoms with van der Waals surface area (Å²) >= 11 is 0. The number of aryl methyl sites for hydroxylation is 2. The van der Waals surface area contributed by atoms with Gasteiger partial charge in [-0.1, -0.05) is 35.5 Å². The van der Waals surface area contributed by atoms with Crippen LogP contribution < -0.4 is 5.32 Å². The van der Waals surface area contributed by atoms with E-state index in [1.165, 1.54) is 22.9 Å². The number of benzene rings is 2. The van der Waals surface area contributed by atoms with Crippen molar-refractivity contribution in [3.05, 3.63) is 77.5 Å². The maximum Gasteiger partial charge on any atom is 0.259 e. The van der Waals surface area contributed by atoms with Crippen molar-refractivity contribution < 1.29 is 13.7 Å². The van der Waals surface area contributed by atoms with E-state index in [1.54, 1.807) is 19.9 Å². The number of carbonyl (C=O) groups excluding carboxylic acids is 1. The Bertz CT molecular complexity index is 1460. The molecule has 158 valence electrons. The van der Waals surface area contributed by atoms with Crippen LogP contribution in [0.2, 0.25) is 0 Å². The van der Waals surface area contributed by atoms with E-state index in [0.717, 1.165) is 5.56 Å². The molecule has 3 heterocycles. The molecule has 0 aliphatic rings. The fourth-order valence-corrected chi connectivity index (χ4v) is 3.44. The van der Waals surface area contributed by atoms with E-state index >= 15 is 0 Å². The summed E-state index contributed by atoms with van der Waals surface area (Å²) in [5, 5.41) is 18.4. The first-order valence-electron chi connectivity index (χ1n) is 9.70. The minimum Gasteiger partial charge on any atom is -0.335 e. The Morgan fingerprint density at radius 3 is 2.66 bits per heavy atom. The highest BCUT2D eigenvalue weighted by Gasteiger charge is 2.20. The highest BCUT2D eigenvalue weighted by Crippen LogP contribution is 2.28. The summed E-state index contributed by atoms with van der Waals surface area (Å²) < 4.78 is 21.0. The number of rotatable bonds is 4. The van der Waals surface area contributed by atoms with Crippen LogP contribution in [0.1, 0.15) is 21.9 Å². The Morgan fingerprint density at radius 1 is 1.09 bits per heavy atom. The number of halogens is 1. The first kappa shape index (κ1) is 19.5. The van der Waals surface area contributed by atoms with Gasteiger partial charge < -0.3 is 9.84 Å². The highest BCUT2D eigenvalue weighted by molar-refractivity contribution is 6.13. The number of fused-ring (bicyclic) bond motifs is 1. The fraction of sp³-hybridized carbons (Fsp3) is 0.0909. The lowest BCUT2D eigenvalue weighted by Crippen LogP contribution is -2.14. The molecule has 0 radical (unpaired) electrons. The number of hydrogen-bond acceptors (Lipinski definition) is 7. The lowest BCUT2D eigenvalue weighted by molar-refractivity contribution is 0.102. The molecule has 0 fully saturated rings. The van der Waals surface area contributed by atoms with Crippen molar-refractivity contribution in [3.63, 3.8) is 0 Å². The molecule has 5 rings (SSSR count). The molecule has 3 aromatic heterocycles. The molecule has 1 amide bonds. The van der Waals surface area contributed by atoms with E-state index in [9.17, 15) is 9.18 Å². The second kappa shape index (κ2) is 7.65. The average Bonchev–Trinajstić information content (AvgIpc) is 3.40. The van der Waals surface area contributed by atoms with Crippen LogP contribution in [0.4, 0.5) is 10.1 Å². The summed E-state index contributed by atoms with van der Waals surface area (Å²) in [5.41, 5.74) is 3.05. The Hall–Kier alpha value is -4.47. The third-order valence-corrected chi connectivity index (χ3v) is 4.99. The number of amides is 1. The minimum absolute atomic E-state index is 0.122. The largest absolute Gasteiger partial charge is 0.335 e. The third-order valence-electron chi connectivity index (χ3n) is 4.99. The molecule has 1 N–H and O–H groups in total. The van der Waals surface area contributed by atoms with E-state index in [-0.39, 0.29) is 11.4 Å². The molecule has 0 saturated carbocycles. The molecule has 9 nitrogen and oxygen atoms in total. The Labute approximate surface area is 180 Å². The number of carbonyl (C=O) groups is 1. The van der Waals surface area contributed by atoms with Crippen molar-refractivity contribution in [2.75, 3.05) is 5.32 Å². The molecular formula is C22H16FN7O2. The highest BCUT2D eigenvalue weighted by atomic mass is 19.1. The summed E-state index contributed by atoms with van der Waals surface area (Å²) in [7, 11) is 0. The molecule has 0 unspecified atom stereocenters. The van der Waals surface area contributed by atoms with E-state index in [0.29, 0.717) is 33.8 Å². The zero-order valence-electron chi connectivity index (χ0n) is 17.1. The van der Waals surface area contributed by atoms with Gasteiger partial charge in [-0.15, -0.1) is 5.10 Å². The van der Waals surface area contributed by atoms with Crippen LogP contribution in [-0.2, 0) is 0 Å². The predicted molar refractivity (Wildman–Crippen MR) is 114 cm³/mol.